The van der Waals surface area contributed by atoms with Gasteiger partial charge >= 0.3 is 0 Å². The maximum absolute atomic E-state index is 11.8. The van der Waals surface area contributed by atoms with Gasteiger partial charge < -0.3 is 5.32 Å². The highest BCUT2D eigenvalue weighted by Gasteiger charge is 2.21. The summed E-state index contributed by atoms with van der Waals surface area (Å²) in [6.07, 6.45) is 3.50. The highest BCUT2D eigenvalue weighted by atomic mass is 16.1. The van der Waals surface area contributed by atoms with Crippen LogP contribution >= 0.6 is 0 Å². The van der Waals surface area contributed by atoms with Crippen LogP contribution in [0.25, 0.3) is 0 Å². The summed E-state index contributed by atoms with van der Waals surface area (Å²) >= 11 is 0. The maximum Gasteiger partial charge on any atom is 0.182 e. The fourth-order valence-corrected chi connectivity index (χ4v) is 1.80. The molecule has 1 atom stereocenters. The predicted octanol–water partition coefficient (Wildman–Crippen LogP) is -0.536. The Morgan fingerprint density at radius 2 is 2.47 bits per heavy atom. The maximum atomic E-state index is 11.8. The molecule has 1 aliphatic heterocycles. The SMILES string of the molecule is Cn1nnc(CC(=O)C2CCCCN2)n1. The van der Waals surface area contributed by atoms with Crippen molar-refractivity contribution < 1.29 is 4.79 Å². The Labute approximate surface area is 88.0 Å². The van der Waals surface area contributed by atoms with E-state index in [4.69, 9.17) is 0 Å². The van der Waals surface area contributed by atoms with Crippen molar-refractivity contribution >= 4 is 5.78 Å². The summed E-state index contributed by atoms with van der Waals surface area (Å²) < 4.78 is 0. The number of hydrogen-bond acceptors (Lipinski definition) is 5. The van der Waals surface area contributed by atoms with E-state index in [0.717, 1.165) is 25.8 Å². The lowest BCUT2D eigenvalue weighted by Crippen LogP contribution is -2.41. The number of carbonyl (C=O) groups is 1. The highest BCUT2D eigenvalue weighted by Crippen LogP contribution is 2.09. The minimum absolute atomic E-state index is 0.0115. The normalized spacial score (nSPS) is 21.5. The first-order valence-corrected chi connectivity index (χ1v) is 5.24. The van der Waals surface area contributed by atoms with Crippen molar-refractivity contribution in [3.8, 4) is 0 Å². The van der Waals surface area contributed by atoms with Gasteiger partial charge in [0.2, 0.25) is 0 Å². The zero-order valence-electron chi connectivity index (χ0n) is 8.81. The van der Waals surface area contributed by atoms with Crippen molar-refractivity contribution in [3.05, 3.63) is 5.82 Å². The molecule has 15 heavy (non-hydrogen) atoms. The summed E-state index contributed by atoms with van der Waals surface area (Å²) in [5.74, 6) is 0.678. The van der Waals surface area contributed by atoms with Gasteiger partial charge in [-0.15, -0.1) is 10.2 Å². The van der Waals surface area contributed by atoms with Crippen molar-refractivity contribution in [2.45, 2.75) is 31.7 Å². The van der Waals surface area contributed by atoms with Gasteiger partial charge in [0.05, 0.1) is 19.5 Å². The number of aryl methyl sites for hydroxylation is 1. The minimum Gasteiger partial charge on any atom is -0.307 e. The van der Waals surface area contributed by atoms with Gasteiger partial charge in [-0.2, -0.15) is 4.80 Å². The second-order valence-corrected chi connectivity index (χ2v) is 3.84. The summed E-state index contributed by atoms with van der Waals surface area (Å²) in [6.45, 7) is 0.935. The predicted molar refractivity (Wildman–Crippen MR) is 53.2 cm³/mol. The van der Waals surface area contributed by atoms with Crippen molar-refractivity contribution in [2.24, 2.45) is 7.05 Å². The fourth-order valence-electron chi connectivity index (χ4n) is 1.80. The van der Waals surface area contributed by atoms with E-state index in [1.807, 2.05) is 0 Å². The van der Waals surface area contributed by atoms with E-state index in [1.165, 1.54) is 4.80 Å². The Morgan fingerprint density at radius 3 is 3.07 bits per heavy atom. The van der Waals surface area contributed by atoms with Crippen LogP contribution in [0.5, 0.6) is 0 Å². The molecule has 0 amide bonds. The van der Waals surface area contributed by atoms with Crippen LogP contribution in [0.1, 0.15) is 25.1 Å². The zero-order chi connectivity index (χ0) is 10.7. The third kappa shape index (κ3) is 2.59. The van der Waals surface area contributed by atoms with Crippen LogP contribution in [0, 0.1) is 0 Å². The Balaban J connectivity index is 1.91. The van der Waals surface area contributed by atoms with Crippen molar-refractivity contribution in [3.63, 3.8) is 0 Å². The molecule has 2 heterocycles. The number of piperidine rings is 1. The van der Waals surface area contributed by atoms with E-state index in [-0.39, 0.29) is 18.2 Å². The third-order valence-electron chi connectivity index (χ3n) is 2.58. The topological polar surface area (TPSA) is 72.7 Å². The van der Waals surface area contributed by atoms with Gasteiger partial charge in [0.15, 0.2) is 11.6 Å². The molecule has 1 saturated heterocycles. The number of tetrazole rings is 1. The van der Waals surface area contributed by atoms with Crippen LogP contribution in [0.2, 0.25) is 0 Å². The number of nitrogens with zero attached hydrogens (tertiary/aromatic N) is 4. The first kappa shape index (κ1) is 10.2. The number of aromatic nitrogens is 4. The molecule has 1 fully saturated rings. The fraction of sp³-hybridized carbons (Fsp3) is 0.778. The molecule has 0 spiro atoms. The van der Waals surface area contributed by atoms with Crippen molar-refractivity contribution in [2.75, 3.05) is 6.54 Å². The molecule has 1 unspecified atom stereocenters. The summed E-state index contributed by atoms with van der Waals surface area (Å²) in [6, 6.07) is -0.0115. The smallest absolute Gasteiger partial charge is 0.182 e. The first-order valence-electron chi connectivity index (χ1n) is 5.24. The Bertz CT molecular complexity index is 342. The molecular formula is C9H15N5O. The Hall–Kier alpha value is -1.30. The number of ketones is 1. The lowest BCUT2D eigenvalue weighted by molar-refractivity contribution is -0.121. The molecule has 82 valence electrons. The zero-order valence-corrected chi connectivity index (χ0v) is 8.81. The number of carbonyl (C=O) groups excluding carboxylic acids is 1. The molecule has 0 saturated carbocycles. The monoisotopic (exact) mass is 209 g/mol. The van der Waals surface area contributed by atoms with Gasteiger partial charge in [-0.25, -0.2) is 0 Å². The van der Waals surface area contributed by atoms with Crippen molar-refractivity contribution in [1.82, 2.24) is 25.5 Å². The molecule has 1 aromatic rings. The van der Waals surface area contributed by atoms with Crippen LogP contribution in [-0.4, -0.2) is 38.6 Å². The molecule has 2 rings (SSSR count). The molecule has 0 aliphatic carbocycles. The van der Waals surface area contributed by atoms with Gasteiger partial charge in [0.25, 0.3) is 0 Å². The van der Waals surface area contributed by atoms with Gasteiger partial charge in [0.1, 0.15) is 0 Å². The summed E-state index contributed by atoms with van der Waals surface area (Å²) in [5.41, 5.74) is 0. The minimum atomic E-state index is -0.0115. The van der Waals surface area contributed by atoms with E-state index in [1.54, 1.807) is 7.05 Å². The van der Waals surface area contributed by atoms with Crippen LogP contribution in [0.4, 0.5) is 0 Å². The van der Waals surface area contributed by atoms with Gasteiger partial charge in [-0.05, 0) is 24.6 Å². The Kier molecular flexibility index (Phi) is 3.05. The number of hydrogen-bond donors (Lipinski definition) is 1. The molecular weight excluding hydrogens is 194 g/mol. The molecule has 1 aliphatic rings. The largest absolute Gasteiger partial charge is 0.307 e. The van der Waals surface area contributed by atoms with E-state index in [0.29, 0.717) is 5.82 Å². The molecule has 6 heteroatoms. The summed E-state index contributed by atoms with van der Waals surface area (Å²) in [4.78, 5) is 13.2. The Morgan fingerprint density at radius 1 is 1.60 bits per heavy atom. The van der Waals surface area contributed by atoms with Crippen molar-refractivity contribution in [1.29, 1.82) is 0 Å². The highest BCUT2D eigenvalue weighted by molar-refractivity contribution is 5.85. The molecule has 1 N–H and O–H groups in total. The number of nitrogens with one attached hydrogen (secondary N) is 1. The van der Waals surface area contributed by atoms with Crippen LogP contribution in [0.15, 0.2) is 0 Å². The lowest BCUT2D eigenvalue weighted by atomic mass is 9.99. The average Bonchev–Trinajstić information content (AvgIpc) is 2.65. The second-order valence-electron chi connectivity index (χ2n) is 3.84. The third-order valence-corrected chi connectivity index (χ3v) is 2.58. The summed E-state index contributed by atoms with van der Waals surface area (Å²) in [5, 5.41) is 14.7. The molecule has 0 aromatic carbocycles. The standard InChI is InChI=1S/C9H15N5O/c1-14-12-9(11-13-14)6-8(15)7-4-2-3-5-10-7/h7,10H,2-6H2,1H3. The number of Topliss-reactive ketones (excluding diaryl/α,β-unsaturated/α-hetero) is 1. The molecule has 6 nitrogen and oxygen atoms in total. The molecule has 0 bridgehead atoms. The van der Waals surface area contributed by atoms with Crippen LogP contribution < -0.4 is 5.32 Å². The van der Waals surface area contributed by atoms with E-state index < -0.39 is 0 Å². The quantitative estimate of drug-likeness (QED) is 0.724. The average molecular weight is 209 g/mol. The molecule has 1 aromatic heterocycles. The van der Waals surface area contributed by atoms with Crippen LogP contribution in [-0.2, 0) is 18.3 Å². The van der Waals surface area contributed by atoms with Gasteiger partial charge in [0, 0.05) is 0 Å². The van der Waals surface area contributed by atoms with E-state index >= 15 is 0 Å². The lowest BCUT2D eigenvalue weighted by Gasteiger charge is -2.21. The first-order chi connectivity index (χ1) is 7.25. The van der Waals surface area contributed by atoms with E-state index in [9.17, 15) is 4.79 Å². The van der Waals surface area contributed by atoms with Crippen LogP contribution in [0.3, 0.4) is 0 Å². The van der Waals surface area contributed by atoms with E-state index in [2.05, 4.69) is 20.7 Å². The summed E-state index contributed by atoms with van der Waals surface area (Å²) in [7, 11) is 1.69. The van der Waals surface area contributed by atoms with Gasteiger partial charge in [-0.1, -0.05) is 6.42 Å². The second kappa shape index (κ2) is 4.48. The van der Waals surface area contributed by atoms with Gasteiger partial charge in [-0.3, -0.25) is 4.79 Å². The number of rotatable bonds is 3. The molecule has 0 radical (unpaired) electrons.